The van der Waals surface area contributed by atoms with Crippen LogP contribution in [-0.2, 0) is 10.1 Å². The van der Waals surface area contributed by atoms with E-state index in [0.29, 0.717) is 16.5 Å². The van der Waals surface area contributed by atoms with E-state index in [1.165, 1.54) is 30.3 Å². The molecule has 0 fully saturated rings. The Balaban J connectivity index is 0.00000225. The van der Waals surface area contributed by atoms with Gasteiger partial charge in [-0.2, -0.15) is 18.6 Å². The van der Waals surface area contributed by atoms with Gasteiger partial charge in [0.2, 0.25) is 0 Å². The van der Waals surface area contributed by atoms with E-state index in [-0.39, 0.29) is 45.9 Å². The van der Waals surface area contributed by atoms with E-state index in [1.54, 1.807) is 12.1 Å². The molecule has 6 nitrogen and oxygen atoms in total. The van der Waals surface area contributed by atoms with Gasteiger partial charge in [-0.3, -0.25) is 4.55 Å². The van der Waals surface area contributed by atoms with Gasteiger partial charge in [0.05, 0.1) is 16.3 Å². The van der Waals surface area contributed by atoms with Crippen LogP contribution in [0.25, 0.3) is 10.8 Å². The van der Waals surface area contributed by atoms with Crippen LogP contribution in [0.4, 0.5) is 11.4 Å². The topological polar surface area (TPSA) is 102 Å². The summed E-state index contributed by atoms with van der Waals surface area (Å²) in [7, 11) is -4.31. The Labute approximate surface area is 167 Å². The van der Waals surface area contributed by atoms with E-state index in [4.69, 9.17) is 4.55 Å². The zero-order chi connectivity index (χ0) is 17.3. The second kappa shape index (κ2) is 7.63. The van der Waals surface area contributed by atoms with Gasteiger partial charge in [-0.05, 0) is 36.6 Å². The Kier molecular flexibility index (Phi) is 5.97. The second-order valence-corrected chi connectivity index (χ2v) is 6.73. The van der Waals surface area contributed by atoms with Crippen LogP contribution in [0, 0.1) is 6.92 Å². The van der Waals surface area contributed by atoms with Gasteiger partial charge < -0.3 is 5.11 Å². The van der Waals surface area contributed by atoms with E-state index in [0.717, 1.165) is 5.56 Å². The van der Waals surface area contributed by atoms with E-state index in [1.807, 2.05) is 19.1 Å². The Morgan fingerprint density at radius 2 is 1.64 bits per heavy atom. The van der Waals surface area contributed by atoms with Crippen molar-refractivity contribution in [2.24, 2.45) is 10.2 Å². The molecule has 3 aromatic carbocycles. The number of benzene rings is 3. The fourth-order valence-electron chi connectivity index (χ4n) is 2.25. The number of fused-ring (bicyclic) bond motifs is 1. The van der Waals surface area contributed by atoms with Gasteiger partial charge in [0.1, 0.15) is 0 Å². The quantitative estimate of drug-likeness (QED) is 0.423. The summed E-state index contributed by atoms with van der Waals surface area (Å²) < 4.78 is 31.6. The van der Waals surface area contributed by atoms with Gasteiger partial charge in [0, 0.05) is 5.39 Å². The SMILES string of the molecule is Cc1ccc(N=Nc2c([O-])ccc3cc(S(=O)(=O)O)ccc23)cc1.[Na+]. The molecule has 0 atom stereocenters. The van der Waals surface area contributed by atoms with Crippen molar-refractivity contribution >= 4 is 32.3 Å². The van der Waals surface area contributed by atoms with Crippen LogP contribution in [-0.4, -0.2) is 13.0 Å². The number of hydrogen-bond donors (Lipinski definition) is 1. The van der Waals surface area contributed by atoms with Gasteiger partial charge in [0.25, 0.3) is 10.1 Å². The average molecular weight is 364 g/mol. The van der Waals surface area contributed by atoms with E-state index < -0.39 is 10.1 Å². The van der Waals surface area contributed by atoms with Crippen LogP contribution >= 0.6 is 0 Å². The molecule has 0 saturated heterocycles. The second-order valence-electron chi connectivity index (χ2n) is 5.31. The summed E-state index contributed by atoms with van der Waals surface area (Å²) in [6.45, 7) is 1.95. The zero-order valence-electron chi connectivity index (χ0n) is 13.7. The minimum absolute atomic E-state index is 0. The first-order chi connectivity index (χ1) is 11.3. The molecular formula is C17H13N2NaO4S. The van der Waals surface area contributed by atoms with Crippen LogP contribution in [0.15, 0.2) is 69.7 Å². The van der Waals surface area contributed by atoms with Crippen molar-refractivity contribution in [3.05, 3.63) is 60.2 Å². The van der Waals surface area contributed by atoms with Crippen molar-refractivity contribution in [3.8, 4) is 5.75 Å². The molecule has 0 spiro atoms. The molecule has 0 heterocycles. The maximum absolute atomic E-state index is 12.1. The van der Waals surface area contributed by atoms with Gasteiger partial charge in [-0.15, -0.1) is 0 Å². The molecule has 0 amide bonds. The van der Waals surface area contributed by atoms with Crippen molar-refractivity contribution in [1.82, 2.24) is 0 Å². The Hall–Kier alpha value is -1.77. The van der Waals surface area contributed by atoms with Gasteiger partial charge in [-0.1, -0.05) is 41.6 Å². The molecule has 0 aliphatic carbocycles. The normalized spacial score (nSPS) is 11.6. The average Bonchev–Trinajstić information content (AvgIpc) is 2.54. The number of hydrogen-bond acceptors (Lipinski definition) is 5. The summed E-state index contributed by atoms with van der Waals surface area (Å²) in [5, 5.41) is 21.1. The van der Waals surface area contributed by atoms with Crippen LogP contribution in [0.2, 0.25) is 0 Å². The summed E-state index contributed by atoms with van der Waals surface area (Å²) in [5.74, 6) is -0.321. The third-order valence-corrected chi connectivity index (χ3v) is 4.37. The number of azo groups is 1. The summed E-state index contributed by atoms with van der Waals surface area (Å²) in [6, 6.07) is 14.1. The first-order valence-corrected chi connectivity index (χ1v) is 8.48. The molecule has 1 N–H and O–H groups in total. The van der Waals surface area contributed by atoms with Crippen molar-refractivity contribution < 1.29 is 47.6 Å². The van der Waals surface area contributed by atoms with Crippen molar-refractivity contribution in [2.75, 3.05) is 0 Å². The number of nitrogens with zero attached hydrogens (tertiary/aromatic N) is 2. The molecule has 0 radical (unpaired) electrons. The predicted octanol–water partition coefficient (Wildman–Crippen LogP) is 0.888. The van der Waals surface area contributed by atoms with E-state index in [2.05, 4.69) is 10.2 Å². The molecule has 0 aliphatic heterocycles. The van der Waals surface area contributed by atoms with Crippen molar-refractivity contribution in [1.29, 1.82) is 0 Å². The van der Waals surface area contributed by atoms with E-state index >= 15 is 0 Å². The van der Waals surface area contributed by atoms with Gasteiger partial charge in [0.15, 0.2) is 0 Å². The van der Waals surface area contributed by atoms with Gasteiger partial charge >= 0.3 is 29.6 Å². The smallest absolute Gasteiger partial charge is 0.871 e. The minimum atomic E-state index is -4.31. The molecule has 0 aliphatic rings. The Morgan fingerprint density at radius 1 is 0.960 bits per heavy atom. The summed E-state index contributed by atoms with van der Waals surface area (Å²) >= 11 is 0. The van der Waals surface area contributed by atoms with Crippen molar-refractivity contribution in [3.63, 3.8) is 0 Å². The molecule has 3 rings (SSSR count). The maximum Gasteiger partial charge on any atom is 1.00 e. The Morgan fingerprint density at radius 3 is 2.28 bits per heavy atom. The molecule has 0 aromatic heterocycles. The molecule has 8 heteroatoms. The van der Waals surface area contributed by atoms with Crippen LogP contribution in [0.1, 0.15) is 5.56 Å². The fraction of sp³-hybridized carbons (Fsp3) is 0.0588. The minimum Gasteiger partial charge on any atom is -0.871 e. The summed E-state index contributed by atoms with van der Waals surface area (Å²) in [5.41, 5.74) is 1.81. The monoisotopic (exact) mass is 364 g/mol. The van der Waals surface area contributed by atoms with Crippen LogP contribution < -0.4 is 34.7 Å². The Bertz CT molecular complexity index is 1050. The molecule has 0 unspecified atom stereocenters. The molecule has 0 bridgehead atoms. The third kappa shape index (κ3) is 4.45. The molecular weight excluding hydrogens is 351 g/mol. The van der Waals surface area contributed by atoms with Crippen LogP contribution in [0.3, 0.4) is 0 Å². The van der Waals surface area contributed by atoms with Gasteiger partial charge in [-0.25, -0.2) is 0 Å². The first-order valence-electron chi connectivity index (χ1n) is 7.04. The van der Waals surface area contributed by atoms with E-state index in [9.17, 15) is 13.5 Å². The summed E-state index contributed by atoms with van der Waals surface area (Å²) in [6.07, 6.45) is 0. The number of aryl methyl sites for hydroxylation is 1. The standard InChI is InChI=1S/C17H14N2O4S.Na/c1-11-2-5-13(6-3-11)18-19-17-15-8-7-14(24(21,22)23)10-12(15)4-9-16(17)20;/h2-10,20H,1H3,(H,21,22,23);/q;+1/p-1. The summed E-state index contributed by atoms with van der Waals surface area (Å²) in [4.78, 5) is -0.241. The maximum atomic E-state index is 12.1. The predicted molar refractivity (Wildman–Crippen MR) is 88.6 cm³/mol. The molecule has 3 aromatic rings. The van der Waals surface area contributed by atoms with Crippen molar-refractivity contribution in [2.45, 2.75) is 11.8 Å². The molecule has 0 saturated carbocycles. The number of rotatable bonds is 3. The third-order valence-electron chi connectivity index (χ3n) is 3.52. The molecule has 122 valence electrons. The first kappa shape index (κ1) is 19.6. The zero-order valence-corrected chi connectivity index (χ0v) is 16.5. The van der Waals surface area contributed by atoms with Crippen LogP contribution in [0.5, 0.6) is 5.75 Å². The fourth-order valence-corrected chi connectivity index (χ4v) is 2.77. The molecule has 25 heavy (non-hydrogen) atoms. The largest absolute Gasteiger partial charge is 1.00 e.